The topological polar surface area (TPSA) is 81.7 Å². The van der Waals surface area contributed by atoms with Gasteiger partial charge in [-0.1, -0.05) is 24.3 Å². The van der Waals surface area contributed by atoms with Crippen LogP contribution >= 0.6 is 11.8 Å². The van der Waals surface area contributed by atoms with Crippen LogP contribution in [0.15, 0.2) is 53.4 Å². The lowest BCUT2D eigenvalue weighted by Gasteiger charge is -2.12. The molecule has 2 aromatic rings. The van der Waals surface area contributed by atoms with Crippen molar-refractivity contribution in [3.05, 3.63) is 59.7 Å². The van der Waals surface area contributed by atoms with Crippen LogP contribution in [0.4, 0.5) is 5.69 Å². The third kappa shape index (κ3) is 5.92. The second-order valence-electron chi connectivity index (χ2n) is 6.67. The van der Waals surface area contributed by atoms with Crippen LogP contribution in [0, 0.1) is 0 Å². The number of nitrogens with one attached hydrogen (secondary N) is 1. The fourth-order valence-electron chi connectivity index (χ4n) is 3.01. The van der Waals surface area contributed by atoms with E-state index in [1.807, 2.05) is 12.1 Å². The Morgan fingerprint density at radius 2 is 1.83 bits per heavy atom. The van der Waals surface area contributed by atoms with Crippen molar-refractivity contribution in [3.8, 4) is 0 Å². The van der Waals surface area contributed by atoms with Gasteiger partial charge in [0.15, 0.2) is 12.4 Å². The Kier molecular flexibility index (Phi) is 7.43. The Morgan fingerprint density at radius 1 is 1.10 bits per heavy atom. The number of carbonyl (C=O) groups is 3. The first kappa shape index (κ1) is 21.1. The summed E-state index contributed by atoms with van der Waals surface area (Å²) in [6, 6.07) is 13.9. The van der Waals surface area contributed by atoms with E-state index >= 15 is 0 Å². The smallest absolute Gasteiger partial charge is 0.339 e. The van der Waals surface area contributed by atoms with Crippen molar-refractivity contribution in [3.63, 3.8) is 0 Å². The van der Waals surface area contributed by atoms with Crippen molar-refractivity contribution in [2.45, 2.75) is 30.8 Å². The van der Waals surface area contributed by atoms with Crippen molar-refractivity contribution in [2.75, 3.05) is 24.3 Å². The standard InChI is InChI=1S/C22H23NO5S/c1-15(24)17-8-2-4-10-19(17)23-21(25)13-28-22(26)18-9-3-5-11-20(18)29-14-16-7-6-12-27-16/h2-5,8-11,16H,6-7,12-14H2,1H3,(H,23,25)/t16-/m1/s1. The van der Waals surface area contributed by atoms with Gasteiger partial charge in [0.05, 0.1) is 17.4 Å². The van der Waals surface area contributed by atoms with Gasteiger partial charge in [-0.05, 0) is 44.0 Å². The molecule has 0 saturated carbocycles. The van der Waals surface area contributed by atoms with Gasteiger partial charge in [-0.15, -0.1) is 11.8 Å². The molecule has 1 N–H and O–H groups in total. The van der Waals surface area contributed by atoms with Crippen molar-refractivity contribution >= 4 is 35.1 Å². The highest BCUT2D eigenvalue weighted by Crippen LogP contribution is 2.27. The van der Waals surface area contributed by atoms with E-state index in [1.54, 1.807) is 48.2 Å². The van der Waals surface area contributed by atoms with E-state index in [-0.39, 0.29) is 11.9 Å². The number of para-hydroxylation sites is 1. The molecule has 1 amide bonds. The molecule has 7 heteroatoms. The van der Waals surface area contributed by atoms with E-state index in [0.717, 1.165) is 30.1 Å². The minimum absolute atomic E-state index is 0.157. The number of benzene rings is 2. The summed E-state index contributed by atoms with van der Waals surface area (Å²) in [5, 5.41) is 2.62. The Morgan fingerprint density at radius 3 is 2.55 bits per heavy atom. The zero-order chi connectivity index (χ0) is 20.6. The number of ether oxygens (including phenoxy) is 2. The maximum Gasteiger partial charge on any atom is 0.339 e. The van der Waals surface area contributed by atoms with Crippen molar-refractivity contribution in [2.24, 2.45) is 0 Å². The number of thioether (sulfide) groups is 1. The van der Waals surface area contributed by atoms with Crippen LogP contribution < -0.4 is 5.32 Å². The molecule has 0 aromatic heterocycles. The fraction of sp³-hybridized carbons (Fsp3) is 0.318. The summed E-state index contributed by atoms with van der Waals surface area (Å²) in [6.07, 6.45) is 2.30. The number of hydrogen-bond donors (Lipinski definition) is 1. The fourth-order valence-corrected chi connectivity index (χ4v) is 4.12. The molecule has 6 nitrogen and oxygen atoms in total. The van der Waals surface area contributed by atoms with E-state index in [1.165, 1.54) is 6.92 Å². The predicted molar refractivity (Wildman–Crippen MR) is 111 cm³/mol. The minimum atomic E-state index is -0.560. The third-order valence-corrected chi connectivity index (χ3v) is 5.68. The molecule has 1 atom stereocenters. The second kappa shape index (κ2) is 10.2. The molecule has 152 valence electrons. The summed E-state index contributed by atoms with van der Waals surface area (Å²) in [7, 11) is 0. The number of esters is 1. The molecule has 0 aliphatic carbocycles. The van der Waals surface area contributed by atoms with Crippen molar-refractivity contribution < 1.29 is 23.9 Å². The van der Waals surface area contributed by atoms with Gasteiger partial charge in [-0.2, -0.15) is 0 Å². The number of amides is 1. The van der Waals surface area contributed by atoms with Gasteiger partial charge < -0.3 is 14.8 Å². The number of rotatable bonds is 8. The highest BCUT2D eigenvalue weighted by molar-refractivity contribution is 7.99. The Labute approximate surface area is 174 Å². The molecular formula is C22H23NO5S. The summed E-state index contributed by atoms with van der Waals surface area (Å²) in [6.45, 7) is 1.78. The van der Waals surface area contributed by atoms with Crippen molar-refractivity contribution in [1.29, 1.82) is 0 Å². The highest BCUT2D eigenvalue weighted by atomic mass is 32.2. The molecule has 29 heavy (non-hydrogen) atoms. The predicted octanol–water partition coefficient (Wildman–Crippen LogP) is 3.96. The van der Waals surface area contributed by atoms with Gasteiger partial charge >= 0.3 is 5.97 Å². The molecule has 1 fully saturated rings. The Balaban J connectivity index is 1.56. The van der Waals surface area contributed by atoms with Crippen molar-refractivity contribution in [1.82, 2.24) is 0 Å². The van der Waals surface area contributed by atoms with E-state index in [9.17, 15) is 14.4 Å². The lowest BCUT2D eigenvalue weighted by atomic mass is 10.1. The first-order valence-electron chi connectivity index (χ1n) is 9.45. The average Bonchev–Trinajstić information content (AvgIpc) is 3.24. The third-order valence-electron chi connectivity index (χ3n) is 4.47. The maximum absolute atomic E-state index is 12.5. The first-order valence-corrected chi connectivity index (χ1v) is 10.4. The Bertz CT molecular complexity index is 892. The lowest BCUT2D eigenvalue weighted by molar-refractivity contribution is -0.119. The zero-order valence-corrected chi connectivity index (χ0v) is 17.0. The van der Waals surface area contributed by atoms with Gasteiger partial charge in [0.25, 0.3) is 5.91 Å². The average molecular weight is 413 g/mol. The first-order chi connectivity index (χ1) is 14.0. The van der Waals surface area contributed by atoms with Crippen LogP contribution in [-0.4, -0.2) is 42.7 Å². The lowest BCUT2D eigenvalue weighted by Crippen LogP contribution is -2.22. The zero-order valence-electron chi connectivity index (χ0n) is 16.2. The summed E-state index contributed by atoms with van der Waals surface area (Å²) < 4.78 is 10.8. The van der Waals surface area contributed by atoms with Crippen LogP contribution in [0.25, 0.3) is 0 Å². The number of Topliss-reactive ketones (excluding diaryl/α,β-unsaturated/α-hetero) is 1. The minimum Gasteiger partial charge on any atom is -0.452 e. The van der Waals surface area contributed by atoms with E-state index in [0.29, 0.717) is 16.8 Å². The number of carbonyl (C=O) groups excluding carboxylic acids is 3. The quantitative estimate of drug-likeness (QED) is 0.401. The molecule has 3 rings (SSSR count). The summed E-state index contributed by atoms with van der Waals surface area (Å²) >= 11 is 1.55. The second-order valence-corrected chi connectivity index (χ2v) is 7.73. The van der Waals surface area contributed by atoms with Gasteiger partial charge in [-0.25, -0.2) is 4.79 Å². The van der Waals surface area contributed by atoms with Gasteiger partial charge in [-0.3, -0.25) is 9.59 Å². The van der Waals surface area contributed by atoms with E-state index in [4.69, 9.17) is 9.47 Å². The molecule has 1 heterocycles. The molecule has 0 bridgehead atoms. The molecular weight excluding hydrogens is 390 g/mol. The molecule has 1 aliphatic heterocycles. The van der Waals surface area contributed by atoms with E-state index in [2.05, 4.69) is 5.32 Å². The van der Waals surface area contributed by atoms with Crippen LogP contribution in [-0.2, 0) is 14.3 Å². The largest absolute Gasteiger partial charge is 0.452 e. The van der Waals surface area contributed by atoms with Crippen LogP contribution in [0.5, 0.6) is 0 Å². The van der Waals surface area contributed by atoms with Crippen LogP contribution in [0.2, 0.25) is 0 Å². The highest BCUT2D eigenvalue weighted by Gasteiger charge is 2.19. The van der Waals surface area contributed by atoms with Crippen LogP contribution in [0.3, 0.4) is 0 Å². The molecule has 0 spiro atoms. The maximum atomic E-state index is 12.5. The number of anilines is 1. The summed E-state index contributed by atoms with van der Waals surface area (Å²) in [5.41, 5.74) is 1.23. The van der Waals surface area contributed by atoms with E-state index < -0.39 is 18.5 Å². The SMILES string of the molecule is CC(=O)c1ccccc1NC(=O)COC(=O)c1ccccc1SC[C@H]1CCCO1. The molecule has 1 saturated heterocycles. The van der Waals surface area contributed by atoms with Gasteiger partial charge in [0, 0.05) is 22.8 Å². The molecule has 0 unspecified atom stereocenters. The summed E-state index contributed by atoms with van der Waals surface area (Å²) in [4.78, 5) is 37.1. The number of hydrogen-bond acceptors (Lipinski definition) is 6. The molecule has 1 aliphatic rings. The molecule has 0 radical (unpaired) electrons. The monoisotopic (exact) mass is 413 g/mol. The Hall–Kier alpha value is -2.64. The normalized spacial score (nSPS) is 15.7. The van der Waals surface area contributed by atoms with Gasteiger partial charge in [0.2, 0.25) is 0 Å². The molecule has 2 aromatic carbocycles. The van der Waals surface area contributed by atoms with Crippen LogP contribution in [0.1, 0.15) is 40.5 Å². The summed E-state index contributed by atoms with van der Waals surface area (Å²) in [5.74, 6) is -0.450. The number of ketones is 1. The van der Waals surface area contributed by atoms with Gasteiger partial charge in [0.1, 0.15) is 0 Å².